The van der Waals surface area contributed by atoms with Crippen LogP contribution >= 0.6 is 0 Å². The lowest BCUT2D eigenvalue weighted by atomic mass is 9.82. The lowest BCUT2D eigenvalue weighted by Crippen LogP contribution is -2.61. The number of ether oxygens (including phenoxy) is 3. The predicted octanol–water partition coefficient (Wildman–Crippen LogP) is 3.76. The average Bonchev–Trinajstić information content (AvgIpc) is 3.64. The second kappa shape index (κ2) is 14.8. The number of benzene rings is 1. The summed E-state index contributed by atoms with van der Waals surface area (Å²) >= 11 is 0. The second-order valence-corrected chi connectivity index (χ2v) is 14.0. The molecule has 0 radical (unpaired) electrons. The molecule has 1 saturated carbocycles. The van der Waals surface area contributed by atoms with Crippen molar-refractivity contribution in [2.24, 2.45) is 11.8 Å². The summed E-state index contributed by atoms with van der Waals surface area (Å²) < 4.78 is 16.3. The Bertz CT molecular complexity index is 1250. The number of methoxy groups -OCH3 is 1. The van der Waals surface area contributed by atoms with Crippen molar-refractivity contribution in [1.82, 2.24) is 20.0 Å². The molecule has 3 amide bonds. The summed E-state index contributed by atoms with van der Waals surface area (Å²) in [7, 11) is 2.82. The maximum absolute atomic E-state index is 14.5. The number of likely N-dealkylation sites (tertiary alicyclic amines) is 2. The number of nitrogens with one attached hydrogen (secondary N) is 1. The van der Waals surface area contributed by atoms with Gasteiger partial charge in [0.2, 0.25) is 5.91 Å². The van der Waals surface area contributed by atoms with E-state index < -0.39 is 53.3 Å². The highest BCUT2D eigenvalue weighted by atomic mass is 16.6. The van der Waals surface area contributed by atoms with Crippen molar-refractivity contribution in [3.63, 3.8) is 0 Å². The van der Waals surface area contributed by atoms with Crippen LogP contribution in [0.1, 0.15) is 71.8 Å². The first-order valence-electron chi connectivity index (χ1n) is 16.3. The van der Waals surface area contributed by atoms with Gasteiger partial charge in [-0.05, 0) is 58.4 Å². The van der Waals surface area contributed by atoms with E-state index in [0.717, 1.165) is 37.7 Å². The van der Waals surface area contributed by atoms with Gasteiger partial charge in [0.1, 0.15) is 24.0 Å². The quantitative estimate of drug-likeness (QED) is 0.230. The van der Waals surface area contributed by atoms with Gasteiger partial charge in [-0.3, -0.25) is 14.5 Å². The topological polar surface area (TPSA) is 135 Å². The normalized spacial score (nSPS) is 23.6. The number of hydrogen-bond acceptors (Lipinski definition) is 9. The van der Waals surface area contributed by atoms with Crippen molar-refractivity contribution in [3.8, 4) is 0 Å². The van der Waals surface area contributed by atoms with Crippen molar-refractivity contribution >= 4 is 30.3 Å². The molecule has 1 aliphatic carbocycles. The van der Waals surface area contributed by atoms with Crippen molar-refractivity contribution in [2.45, 2.75) is 102 Å². The molecule has 0 spiro atoms. The minimum atomic E-state index is -1.29. The first-order chi connectivity index (χ1) is 21.8. The van der Waals surface area contributed by atoms with Crippen LogP contribution in [-0.4, -0.2) is 108 Å². The van der Waals surface area contributed by atoms with Crippen LogP contribution in [0, 0.1) is 11.8 Å². The average molecular weight is 643 g/mol. The Balaban J connectivity index is 1.54. The zero-order valence-corrected chi connectivity index (χ0v) is 28.0. The number of amides is 3. The summed E-state index contributed by atoms with van der Waals surface area (Å²) in [6.07, 6.45) is 4.74. The molecule has 0 bridgehead atoms. The predicted molar refractivity (Wildman–Crippen MR) is 170 cm³/mol. The second-order valence-electron chi connectivity index (χ2n) is 14.0. The van der Waals surface area contributed by atoms with Gasteiger partial charge in [0.05, 0.1) is 31.2 Å². The molecule has 5 unspecified atom stereocenters. The lowest BCUT2D eigenvalue weighted by Gasteiger charge is -2.39. The molecule has 3 aliphatic rings. The van der Waals surface area contributed by atoms with Crippen LogP contribution in [0.25, 0.3) is 0 Å². The van der Waals surface area contributed by atoms with E-state index in [4.69, 9.17) is 14.2 Å². The van der Waals surface area contributed by atoms with E-state index in [-0.39, 0.29) is 31.5 Å². The molecule has 46 heavy (non-hydrogen) atoms. The summed E-state index contributed by atoms with van der Waals surface area (Å²) in [6.45, 7) is 7.47. The Hall–Kier alpha value is -3.67. The largest absolute Gasteiger partial charge is 0.469 e. The van der Waals surface area contributed by atoms with E-state index >= 15 is 0 Å². The van der Waals surface area contributed by atoms with E-state index in [0.29, 0.717) is 19.3 Å². The molecular weight excluding hydrogens is 592 g/mol. The molecule has 1 N–H and O–H groups in total. The monoisotopic (exact) mass is 642 g/mol. The molecule has 4 rings (SSSR count). The van der Waals surface area contributed by atoms with E-state index in [1.54, 1.807) is 37.5 Å². The van der Waals surface area contributed by atoms with Gasteiger partial charge in [-0.1, -0.05) is 49.6 Å². The fourth-order valence-electron chi connectivity index (χ4n) is 6.91. The number of rotatable bonds is 10. The smallest absolute Gasteiger partial charge is 0.410 e. The Morgan fingerprint density at radius 3 is 2.30 bits per heavy atom. The lowest BCUT2D eigenvalue weighted by molar-refractivity contribution is -0.148. The van der Waals surface area contributed by atoms with Gasteiger partial charge >= 0.3 is 18.2 Å². The molecule has 254 valence electrons. The molecular formula is C34H50N4O8. The Kier molecular flexibility index (Phi) is 11.3. The first kappa shape index (κ1) is 35.2. The molecule has 2 aliphatic heterocycles. The van der Waals surface area contributed by atoms with Crippen LogP contribution in [0.15, 0.2) is 30.3 Å². The van der Waals surface area contributed by atoms with Crippen LogP contribution in [0.4, 0.5) is 9.59 Å². The first-order valence-corrected chi connectivity index (χ1v) is 16.3. The maximum atomic E-state index is 14.5. The fourth-order valence-corrected chi connectivity index (χ4v) is 6.91. The van der Waals surface area contributed by atoms with Crippen LogP contribution in [0.3, 0.4) is 0 Å². The van der Waals surface area contributed by atoms with Gasteiger partial charge in [-0.15, -0.1) is 0 Å². The molecule has 12 heteroatoms. The number of nitrogens with zero attached hydrogens (tertiary/aromatic N) is 3. The molecule has 0 aromatic heterocycles. The Morgan fingerprint density at radius 1 is 1.02 bits per heavy atom. The standard InChI is InChI=1S/C34H50N4O8/c1-33(2,3)46-31(42)36(5)34(4,22-39)21-35-27(24-15-11-8-12-16-24)29(40)37-18-17-26-28(37)25(30(41)44-6)19-38(26)32(43)45-20-23-13-9-7-10-14-23/h7,9-10,13-14,22,24-28,35H,8,11-12,15-21H2,1-6H3. The molecule has 2 heterocycles. The molecule has 2 saturated heterocycles. The third-order valence-electron chi connectivity index (χ3n) is 9.61. The molecule has 5 atom stereocenters. The van der Waals surface area contributed by atoms with Crippen LogP contribution in [0.5, 0.6) is 0 Å². The van der Waals surface area contributed by atoms with Gasteiger partial charge in [0.15, 0.2) is 0 Å². The zero-order chi connectivity index (χ0) is 33.6. The summed E-state index contributed by atoms with van der Waals surface area (Å²) in [6, 6.07) is 7.73. The van der Waals surface area contributed by atoms with E-state index in [2.05, 4.69) is 5.32 Å². The highest BCUT2D eigenvalue weighted by Gasteiger charge is 2.56. The number of esters is 1. The number of carbonyl (C=O) groups excluding carboxylic acids is 5. The van der Waals surface area contributed by atoms with Crippen LogP contribution in [-0.2, 0) is 35.2 Å². The number of hydrogen-bond donors (Lipinski definition) is 1. The molecule has 12 nitrogen and oxygen atoms in total. The maximum Gasteiger partial charge on any atom is 0.410 e. The minimum Gasteiger partial charge on any atom is -0.469 e. The SMILES string of the molecule is COC(=O)C1CN(C(=O)OCc2ccccc2)C2CCN(C(=O)C(NCC(C)(C=O)N(C)C(=O)OC(C)(C)C)C3CCCCC3)C12. The summed E-state index contributed by atoms with van der Waals surface area (Å²) in [5.74, 6) is -1.38. The highest BCUT2D eigenvalue weighted by Crippen LogP contribution is 2.38. The summed E-state index contributed by atoms with van der Waals surface area (Å²) in [4.78, 5) is 70.7. The number of carbonyl (C=O) groups is 5. The van der Waals surface area contributed by atoms with E-state index in [1.165, 1.54) is 19.1 Å². The van der Waals surface area contributed by atoms with E-state index in [9.17, 15) is 24.0 Å². The minimum absolute atomic E-state index is 0.00737. The Labute approximate surface area is 272 Å². The van der Waals surface area contributed by atoms with Crippen LogP contribution in [0.2, 0.25) is 0 Å². The number of fused-ring (bicyclic) bond motifs is 1. The summed E-state index contributed by atoms with van der Waals surface area (Å²) in [5, 5.41) is 3.37. The zero-order valence-electron chi connectivity index (χ0n) is 28.0. The van der Waals surface area contributed by atoms with Crippen molar-refractivity contribution in [3.05, 3.63) is 35.9 Å². The van der Waals surface area contributed by atoms with E-state index in [1.807, 2.05) is 30.3 Å². The van der Waals surface area contributed by atoms with Gasteiger partial charge in [0, 0.05) is 26.7 Å². The van der Waals surface area contributed by atoms with Crippen molar-refractivity contribution in [1.29, 1.82) is 0 Å². The molecule has 3 fully saturated rings. The van der Waals surface area contributed by atoms with Crippen LogP contribution < -0.4 is 5.32 Å². The van der Waals surface area contributed by atoms with Crippen molar-refractivity contribution < 1.29 is 38.2 Å². The fraction of sp³-hybridized carbons (Fsp3) is 0.676. The highest BCUT2D eigenvalue weighted by molar-refractivity contribution is 5.85. The number of likely N-dealkylation sites (N-methyl/N-ethyl adjacent to an activating group) is 1. The van der Waals surface area contributed by atoms with Crippen molar-refractivity contribution in [2.75, 3.05) is 33.8 Å². The van der Waals surface area contributed by atoms with Gasteiger partial charge < -0.3 is 34.1 Å². The third kappa shape index (κ3) is 8.00. The Morgan fingerprint density at radius 2 is 1.70 bits per heavy atom. The van der Waals surface area contributed by atoms with Gasteiger partial charge in [-0.2, -0.15) is 0 Å². The summed E-state index contributed by atoms with van der Waals surface area (Å²) in [5.41, 5.74) is -1.18. The third-order valence-corrected chi connectivity index (χ3v) is 9.61. The number of aldehydes is 1. The van der Waals surface area contributed by atoms with Gasteiger partial charge in [-0.25, -0.2) is 9.59 Å². The molecule has 1 aromatic carbocycles. The van der Waals surface area contributed by atoms with Gasteiger partial charge in [0.25, 0.3) is 0 Å². The molecule has 1 aromatic rings.